The van der Waals surface area contributed by atoms with Crippen LogP contribution in [-0.4, -0.2) is 42.8 Å². The summed E-state index contributed by atoms with van der Waals surface area (Å²) >= 11 is 0. The van der Waals surface area contributed by atoms with E-state index in [1.165, 1.54) is 152 Å². The zero-order valence-electron chi connectivity index (χ0n) is 26.2. The fourth-order valence-corrected chi connectivity index (χ4v) is 5.10. The minimum atomic E-state index is 0. The van der Waals surface area contributed by atoms with Crippen molar-refractivity contribution >= 4 is 29.6 Å². The van der Waals surface area contributed by atoms with E-state index in [9.17, 15) is 0 Å². The molecule has 0 fully saturated rings. The second kappa shape index (κ2) is 32.9. The van der Waals surface area contributed by atoms with Gasteiger partial charge in [-0.05, 0) is 24.0 Å². The maximum Gasteiger partial charge on any atom is -0.0184 e. The molecule has 0 radical (unpaired) electrons. The molecule has 2 aromatic carbocycles. The SMILES string of the molecule is CCCCCCCCCCCCCOCCCCCCCCCCCCC.[NaH].c1ccc(-c2ccccc2)cc1. The monoisotopic (exact) mass is 560 g/mol. The maximum absolute atomic E-state index is 5.80. The van der Waals surface area contributed by atoms with E-state index in [-0.39, 0.29) is 29.6 Å². The molecule has 0 aliphatic rings. The molecule has 0 unspecified atom stereocenters. The number of ether oxygens (including phenoxy) is 1. The van der Waals surface area contributed by atoms with Crippen LogP contribution in [0.15, 0.2) is 60.7 Å². The molecule has 0 heterocycles. The number of rotatable bonds is 25. The van der Waals surface area contributed by atoms with Gasteiger partial charge in [0.15, 0.2) is 0 Å². The molecule has 0 N–H and O–H groups in total. The average Bonchev–Trinajstić information content (AvgIpc) is 2.99. The third-order valence-corrected chi connectivity index (χ3v) is 7.67. The Kier molecular flexibility index (Phi) is 32.4. The van der Waals surface area contributed by atoms with Crippen molar-refractivity contribution in [2.24, 2.45) is 0 Å². The van der Waals surface area contributed by atoms with Crippen molar-refractivity contribution in [3.05, 3.63) is 60.7 Å². The van der Waals surface area contributed by atoms with Crippen molar-refractivity contribution in [2.45, 2.75) is 155 Å². The van der Waals surface area contributed by atoms with Gasteiger partial charge in [-0.1, -0.05) is 203 Å². The van der Waals surface area contributed by atoms with Crippen LogP contribution < -0.4 is 0 Å². The molecule has 2 aromatic rings. The van der Waals surface area contributed by atoms with Crippen molar-refractivity contribution in [1.82, 2.24) is 0 Å². The summed E-state index contributed by atoms with van der Waals surface area (Å²) in [6.45, 7) is 6.58. The predicted octanol–water partition coefficient (Wildman–Crippen LogP) is 12.3. The molecule has 40 heavy (non-hydrogen) atoms. The maximum atomic E-state index is 5.80. The predicted molar refractivity (Wildman–Crippen MR) is 183 cm³/mol. The smallest absolute Gasteiger partial charge is 0.0184 e. The number of hydrogen-bond donors (Lipinski definition) is 0. The Bertz CT molecular complexity index is 640. The zero-order chi connectivity index (χ0) is 27.9. The van der Waals surface area contributed by atoms with E-state index in [1.54, 1.807) is 0 Å². The summed E-state index contributed by atoms with van der Waals surface area (Å²) < 4.78 is 5.80. The first kappa shape index (κ1) is 39.4. The zero-order valence-corrected chi connectivity index (χ0v) is 26.2. The van der Waals surface area contributed by atoms with Gasteiger partial charge in [0.25, 0.3) is 0 Å². The van der Waals surface area contributed by atoms with E-state index in [4.69, 9.17) is 4.74 Å². The topological polar surface area (TPSA) is 9.23 Å². The van der Waals surface area contributed by atoms with E-state index < -0.39 is 0 Å². The van der Waals surface area contributed by atoms with Crippen molar-refractivity contribution in [1.29, 1.82) is 0 Å². The van der Waals surface area contributed by atoms with Crippen LogP contribution in [0.1, 0.15) is 155 Å². The molecule has 0 aliphatic heterocycles. The molecule has 2 rings (SSSR count). The Hall–Kier alpha value is -0.600. The quantitative estimate of drug-likeness (QED) is 0.0866. The Morgan fingerprint density at radius 2 is 0.600 bits per heavy atom. The van der Waals surface area contributed by atoms with Crippen LogP contribution in [0.5, 0.6) is 0 Å². The Labute approximate surface area is 273 Å². The van der Waals surface area contributed by atoms with Crippen LogP contribution in [0.3, 0.4) is 0 Å². The van der Waals surface area contributed by atoms with E-state index in [2.05, 4.69) is 62.4 Å². The minimum Gasteiger partial charge on any atom is -0.0622 e. The largest absolute Gasteiger partial charge is 0.0622 e. The van der Waals surface area contributed by atoms with E-state index in [1.807, 2.05) is 12.1 Å². The Balaban J connectivity index is 0.000000961. The van der Waals surface area contributed by atoms with Gasteiger partial charge in [-0.2, -0.15) is 0 Å². The molecular formula is C38H65NaO. The van der Waals surface area contributed by atoms with Gasteiger partial charge < -0.3 is 4.74 Å². The molecule has 0 aliphatic carbocycles. The van der Waals surface area contributed by atoms with Crippen LogP contribution in [0, 0.1) is 0 Å². The number of unbranched alkanes of at least 4 members (excludes halogenated alkanes) is 20. The summed E-state index contributed by atoms with van der Waals surface area (Å²) in [7, 11) is 0. The van der Waals surface area contributed by atoms with Crippen LogP contribution in [0.2, 0.25) is 0 Å². The van der Waals surface area contributed by atoms with Gasteiger partial charge in [0.1, 0.15) is 0 Å². The molecule has 0 aromatic heterocycles. The fourth-order valence-electron chi connectivity index (χ4n) is 5.10. The van der Waals surface area contributed by atoms with Crippen LogP contribution >= 0.6 is 0 Å². The van der Waals surface area contributed by atoms with Crippen LogP contribution in [0.4, 0.5) is 0 Å². The Morgan fingerprint density at radius 3 is 0.875 bits per heavy atom. The van der Waals surface area contributed by atoms with Gasteiger partial charge in [-0.25, -0.2) is 0 Å². The third-order valence-electron chi connectivity index (χ3n) is 7.67. The fraction of sp³-hybridized carbons (Fsp3) is 0.684. The van der Waals surface area contributed by atoms with E-state index in [0.29, 0.717) is 0 Å². The van der Waals surface area contributed by atoms with Crippen molar-refractivity contribution in [3.63, 3.8) is 0 Å². The number of benzene rings is 2. The van der Waals surface area contributed by atoms with Gasteiger partial charge >= 0.3 is 29.6 Å². The van der Waals surface area contributed by atoms with Crippen molar-refractivity contribution in [3.8, 4) is 11.1 Å². The second-order valence-corrected chi connectivity index (χ2v) is 11.4. The van der Waals surface area contributed by atoms with E-state index >= 15 is 0 Å². The average molecular weight is 561 g/mol. The van der Waals surface area contributed by atoms with Crippen molar-refractivity contribution < 1.29 is 4.74 Å². The van der Waals surface area contributed by atoms with Gasteiger partial charge in [0.05, 0.1) is 0 Å². The molecule has 2 heteroatoms. The summed E-state index contributed by atoms with van der Waals surface area (Å²) in [6, 6.07) is 20.8. The summed E-state index contributed by atoms with van der Waals surface area (Å²) in [5.41, 5.74) is 2.55. The molecule has 224 valence electrons. The van der Waals surface area contributed by atoms with E-state index in [0.717, 1.165) is 13.2 Å². The first-order valence-corrected chi connectivity index (χ1v) is 17.1. The second-order valence-electron chi connectivity index (χ2n) is 11.4. The summed E-state index contributed by atoms with van der Waals surface area (Å²) in [4.78, 5) is 0. The molecule has 1 nitrogen and oxygen atoms in total. The molecule has 0 spiro atoms. The van der Waals surface area contributed by atoms with Crippen molar-refractivity contribution in [2.75, 3.05) is 13.2 Å². The van der Waals surface area contributed by atoms with Crippen LogP contribution in [-0.2, 0) is 4.74 Å². The molecular weight excluding hydrogens is 495 g/mol. The van der Waals surface area contributed by atoms with Crippen LogP contribution in [0.25, 0.3) is 11.1 Å². The summed E-state index contributed by atoms with van der Waals surface area (Å²) in [6.07, 6.45) is 31.1. The van der Waals surface area contributed by atoms with Gasteiger partial charge in [-0.3, -0.25) is 0 Å². The summed E-state index contributed by atoms with van der Waals surface area (Å²) in [5, 5.41) is 0. The molecule has 0 bridgehead atoms. The molecule has 0 saturated carbocycles. The Morgan fingerprint density at radius 1 is 0.350 bits per heavy atom. The normalized spacial score (nSPS) is 10.6. The van der Waals surface area contributed by atoms with Gasteiger partial charge in [0.2, 0.25) is 0 Å². The third kappa shape index (κ3) is 26.3. The standard InChI is InChI=1S/C26H54O.C12H10.Na.H/c1-3-5-7-9-11-13-15-17-19-21-23-25-27-26-24-22-20-18-16-14-12-10-8-6-4-2;1-3-7-11(8-4-1)12-9-5-2-6-10-12;;/h3-26H2,1-2H3;1-10H;;. The van der Waals surface area contributed by atoms with Gasteiger partial charge in [-0.15, -0.1) is 0 Å². The number of hydrogen-bond acceptors (Lipinski definition) is 1. The minimum absolute atomic E-state index is 0. The molecule has 0 saturated heterocycles. The first-order valence-electron chi connectivity index (χ1n) is 17.1. The van der Waals surface area contributed by atoms with Gasteiger partial charge in [0, 0.05) is 13.2 Å². The summed E-state index contributed by atoms with van der Waals surface area (Å²) in [5.74, 6) is 0. The molecule has 0 atom stereocenters. The molecule has 0 amide bonds. The first-order chi connectivity index (χ1) is 19.4.